The highest BCUT2D eigenvalue weighted by Gasteiger charge is 2.41. The number of rotatable bonds is 2. The topological polar surface area (TPSA) is 49.6 Å². The maximum Gasteiger partial charge on any atom is 0.239 e. The first-order chi connectivity index (χ1) is 7.29. The molecular formula is C12H25N3O. The van der Waals surface area contributed by atoms with Gasteiger partial charge in [0.15, 0.2) is 0 Å². The average molecular weight is 227 g/mol. The van der Waals surface area contributed by atoms with E-state index >= 15 is 0 Å². The Morgan fingerprint density at radius 3 is 2.44 bits per heavy atom. The third-order valence-corrected chi connectivity index (χ3v) is 3.22. The van der Waals surface area contributed by atoms with Crippen molar-refractivity contribution < 1.29 is 4.79 Å². The van der Waals surface area contributed by atoms with Gasteiger partial charge in [-0.1, -0.05) is 0 Å². The monoisotopic (exact) mass is 227 g/mol. The molecule has 4 heteroatoms. The van der Waals surface area contributed by atoms with E-state index < -0.39 is 0 Å². The SMILES string of the molecule is CC1CN(C)C(=O)C(CCN)N1C(C)(C)C. The molecule has 0 aromatic carbocycles. The van der Waals surface area contributed by atoms with E-state index in [2.05, 4.69) is 32.6 Å². The molecule has 1 aliphatic heterocycles. The molecule has 1 saturated heterocycles. The van der Waals surface area contributed by atoms with Gasteiger partial charge in [-0.25, -0.2) is 0 Å². The first-order valence-corrected chi connectivity index (χ1v) is 6.02. The van der Waals surface area contributed by atoms with Gasteiger partial charge in [-0.3, -0.25) is 9.69 Å². The Labute approximate surface area is 98.8 Å². The van der Waals surface area contributed by atoms with E-state index in [1.54, 1.807) is 0 Å². The van der Waals surface area contributed by atoms with E-state index in [4.69, 9.17) is 5.73 Å². The van der Waals surface area contributed by atoms with E-state index in [9.17, 15) is 4.79 Å². The lowest BCUT2D eigenvalue weighted by atomic mass is 9.94. The van der Waals surface area contributed by atoms with Crippen molar-refractivity contribution in [1.82, 2.24) is 9.80 Å². The summed E-state index contributed by atoms with van der Waals surface area (Å²) in [7, 11) is 1.88. The van der Waals surface area contributed by atoms with Crippen LogP contribution < -0.4 is 5.73 Å². The van der Waals surface area contributed by atoms with Crippen molar-refractivity contribution in [2.45, 2.75) is 51.7 Å². The van der Waals surface area contributed by atoms with Gasteiger partial charge in [0, 0.05) is 25.2 Å². The molecule has 1 aliphatic rings. The van der Waals surface area contributed by atoms with Crippen LogP contribution in [-0.4, -0.2) is 53.5 Å². The molecular weight excluding hydrogens is 202 g/mol. The fourth-order valence-corrected chi connectivity index (χ4v) is 2.80. The van der Waals surface area contributed by atoms with Crippen LogP contribution in [0.5, 0.6) is 0 Å². The van der Waals surface area contributed by atoms with Gasteiger partial charge < -0.3 is 10.6 Å². The van der Waals surface area contributed by atoms with Crippen LogP contribution >= 0.6 is 0 Å². The maximum atomic E-state index is 12.1. The van der Waals surface area contributed by atoms with Gasteiger partial charge in [-0.2, -0.15) is 0 Å². The Kier molecular flexibility index (Phi) is 3.97. The van der Waals surface area contributed by atoms with Gasteiger partial charge in [0.2, 0.25) is 5.91 Å². The molecule has 2 unspecified atom stereocenters. The lowest BCUT2D eigenvalue weighted by Gasteiger charge is -2.50. The van der Waals surface area contributed by atoms with Crippen molar-refractivity contribution in [3.63, 3.8) is 0 Å². The number of hydrogen-bond donors (Lipinski definition) is 1. The molecule has 0 aromatic rings. The molecule has 4 nitrogen and oxygen atoms in total. The lowest BCUT2D eigenvalue weighted by Crippen LogP contribution is -2.65. The Hall–Kier alpha value is -0.610. The predicted molar refractivity (Wildman–Crippen MR) is 66.2 cm³/mol. The third-order valence-electron chi connectivity index (χ3n) is 3.22. The quantitative estimate of drug-likeness (QED) is 0.754. The van der Waals surface area contributed by atoms with Crippen LogP contribution in [0.1, 0.15) is 34.1 Å². The predicted octanol–water partition coefficient (Wildman–Crippen LogP) is 0.665. The van der Waals surface area contributed by atoms with Crippen LogP contribution in [0.25, 0.3) is 0 Å². The zero-order valence-electron chi connectivity index (χ0n) is 11.2. The molecule has 0 radical (unpaired) electrons. The minimum absolute atomic E-state index is 0.0101. The van der Waals surface area contributed by atoms with Crippen LogP contribution in [0.3, 0.4) is 0 Å². The number of carbonyl (C=O) groups excluding carboxylic acids is 1. The van der Waals surface area contributed by atoms with E-state index in [0.29, 0.717) is 12.6 Å². The summed E-state index contributed by atoms with van der Waals surface area (Å²) >= 11 is 0. The van der Waals surface area contributed by atoms with Crippen molar-refractivity contribution in [3.8, 4) is 0 Å². The molecule has 1 heterocycles. The van der Waals surface area contributed by atoms with E-state index in [1.807, 2.05) is 11.9 Å². The second-order valence-electron chi connectivity index (χ2n) is 5.74. The van der Waals surface area contributed by atoms with Gasteiger partial charge in [-0.05, 0) is 40.7 Å². The van der Waals surface area contributed by atoms with Crippen molar-refractivity contribution in [2.75, 3.05) is 20.1 Å². The highest BCUT2D eigenvalue weighted by Crippen LogP contribution is 2.27. The van der Waals surface area contributed by atoms with Crippen LogP contribution in [0, 0.1) is 0 Å². The second-order valence-corrected chi connectivity index (χ2v) is 5.74. The molecule has 0 saturated carbocycles. The van der Waals surface area contributed by atoms with Gasteiger partial charge in [-0.15, -0.1) is 0 Å². The van der Waals surface area contributed by atoms with Gasteiger partial charge in [0.05, 0.1) is 6.04 Å². The number of likely N-dealkylation sites (N-methyl/N-ethyl adjacent to an activating group) is 1. The number of nitrogens with two attached hydrogens (primary N) is 1. The van der Waals surface area contributed by atoms with E-state index in [0.717, 1.165) is 13.0 Å². The van der Waals surface area contributed by atoms with Gasteiger partial charge in [0.25, 0.3) is 0 Å². The Morgan fingerprint density at radius 2 is 2.00 bits per heavy atom. The average Bonchev–Trinajstić information content (AvgIpc) is 2.11. The van der Waals surface area contributed by atoms with Gasteiger partial charge in [0.1, 0.15) is 0 Å². The van der Waals surface area contributed by atoms with E-state index in [-0.39, 0.29) is 17.5 Å². The Morgan fingerprint density at radius 1 is 1.44 bits per heavy atom. The first-order valence-electron chi connectivity index (χ1n) is 6.02. The zero-order chi connectivity index (χ0) is 12.5. The number of carbonyl (C=O) groups is 1. The minimum Gasteiger partial charge on any atom is -0.343 e. The van der Waals surface area contributed by atoms with Crippen LogP contribution in [0.15, 0.2) is 0 Å². The normalized spacial score (nSPS) is 28.6. The van der Waals surface area contributed by atoms with Crippen molar-refractivity contribution in [1.29, 1.82) is 0 Å². The molecule has 1 fully saturated rings. The minimum atomic E-state index is -0.0567. The molecule has 1 rings (SSSR count). The summed E-state index contributed by atoms with van der Waals surface area (Å²) in [5.41, 5.74) is 5.63. The van der Waals surface area contributed by atoms with Crippen LogP contribution in [0.4, 0.5) is 0 Å². The number of nitrogens with zero attached hydrogens (tertiary/aromatic N) is 2. The molecule has 16 heavy (non-hydrogen) atoms. The molecule has 0 spiro atoms. The van der Waals surface area contributed by atoms with Crippen molar-refractivity contribution in [2.24, 2.45) is 5.73 Å². The smallest absolute Gasteiger partial charge is 0.239 e. The fourth-order valence-electron chi connectivity index (χ4n) is 2.80. The van der Waals surface area contributed by atoms with E-state index in [1.165, 1.54) is 0 Å². The van der Waals surface area contributed by atoms with Crippen molar-refractivity contribution in [3.05, 3.63) is 0 Å². The number of piperazine rings is 1. The number of amides is 1. The maximum absolute atomic E-state index is 12.1. The first kappa shape index (κ1) is 13.5. The fraction of sp³-hybridized carbons (Fsp3) is 0.917. The largest absolute Gasteiger partial charge is 0.343 e. The number of hydrogen-bond acceptors (Lipinski definition) is 3. The highest BCUT2D eigenvalue weighted by atomic mass is 16.2. The van der Waals surface area contributed by atoms with Crippen LogP contribution in [0.2, 0.25) is 0 Å². The Balaban J connectivity index is 2.96. The Bertz CT molecular complexity index is 259. The lowest BCUT2D eigenvalue weighted by molar-refractivity contribution is -0.148. The molecule has 94 valence electrons. The molecule has 0 bridgehead atoms. The molecule has 2 N–H and O–H groups in total. The summed E-state index contributed by atoms with van der Waals surface area (Å²) in [5.74, 6) is 0.207. The zero-order valence-corrected chi connectivity index (χ0v) is 11.2. The summed E-state index contributed by atoms with van der Waals surface area (Å²) in [6, 6.07) is 0.331. The summed E-state index contributed by atoms with van der Waals surface area (Å²) in [6.45, 7) is 10.0. The second kappa shape index (κ2) is 4.72. The summed E-state index contributed by atoms with van der Waals surface area (Å²) in [6.07, 6.45) is 0.741. The molecule has 0 aliphatic carbocycles. The third kappa shape index (κ3) is 2.55. The van der Waals surface area contributed by atoms with Crippen molar-refractivity contribution >= 4 is 5.91 Å². The highest BCUT2D eigenvalue weighted by molar-refractivity contribution is 5.82. The molecule has 2 atom stereocenters. The van der Waals surface area contributed by atoms with Gasteiger partial charge >= 0.3 is 0 Å². The standard InChI is InChI=1S/C12H25N3O/c1-9-8-14(5)11(16)10(6-7-13)15(9)12(2,3)4/h9-10H,6-8,13H2,1-5H3. The van der Waals surface area contributed by atoms with Crippen LogP contribution in [-0.2, 0) is 4.79 Å². The summed E-state index contributed by atoms with van der Waals surface area (Å²) in [4.78, 5) is 16.3. The molecule has 1 amide bonds. The molecule has 0 aromatic heterocycles. The summed E-state index contributed by atoms with van der Waals surface area (Å²) < 4.78 is 0. The summed E-state index contributed by atoms with van der Waals surface area (Å²) in [5, 5.41) is 0.